The molecule has 0 unspecified atom stereocenters. The summed E-state index contributed by atoms with van der Waals surface area (Å²) in [5, 5.41) is 27.6. The Morgan fingerprint density at radius 3 is 2.35 bits per heavy atom. The highest BCUT2D eigenvalue weighted by atomic mass is 16.6. The minimum atomic E-state index is -0.679. The molecule has 2 atom stereocenters. The van der Waals surface area contributed by atoms with Gasteiger partial charge in [-0.05, 0) is 53.1 Å². The molecule has 0 saturated heterocycles. The van der Waals surface area contributed by atoms with Crippen molar-refractivity contribution in [3.05, 3.63) is 106 Å². The Bertz CT molecular complexity index is 1140. The monoisotopic (exact) mass is 412 g/mol. The largest absolute Gasteiger partial charge is 0.497 e. The number of nitrogens with zero attached hydrogens (tertiary/aromatic N) is 4. The van der Waals surface area contributed by atoms with Gasteiger partial charge in [-0.1, -0.05) is 30.3 Å². The predicted octanol–water partition coefficient (Wildman–Crippen LogP) is 5.02. The second-order valence-corrected chi connectivity index (χ2v) is 7.17. The molecule has 0 spiro atoms. The summed E-state index contributed by atoms with van der Waals surface area (Å²) in [5.41, 5.74) is 3.54. The topological polar surface area (TPSA) is 91.8 Å². The van der Waals surface area contributed by atoms with E-state index in [-0.39, 0.29) is 11.7 Å². The number of benzene rings is 3. The first-order valence-corrected chi connectivity index (χ1v) is 9.80. The summed E-state index contributed by atoms with van der Waals surface area (Å²) in [6.45, 7) is 0. The maximum Gasteiger partial charge on any atom is 0.269 e. The molecule has 7 heteroatoms. The highest BCUT2D eigenvalue weighted by molar-refractivity contribution is 6.02. The average molecular weight is 412 g/mol. The molecule has 3 aromatic carbocycles. The molecule has 0 fully saturated rings. The zero-order valence-electron chi connectivity index (χ0n) is 16.9. The zero-order valence-corrected chi connectivity index (χ0v) is 16.9. The van der Waals surface area contributed by atoms with Gasteiger partial charge in [-0.2, -0.15) is 10.4 Å². The molecule has 0 N–H and O–H groups in total. The molecular weight excluding hydrogens is 392 g/mol. The van der Waals surface area contributed by atoms with Crippen LogP contribution in [-0.4, -0.2) is 22.8 Å². The second kappa shape index (κ2) is 8.67. The normalized spacial score (nSPS) is 16.3. The van der Waals surface area contributed by atoms with E-state index in [1.807, 2.05) is 54.6 Å². The molecule has 0 bridgehead atoms. The van der Waals surface area contributed by atoms with Gasteiger partial charge in [0.15, 0.2) is 6.04 Å². The molecule has 3 aromatic rings. The van der Waals surface area contributed by atoms with Crippen molar-refractivity contribution in [2.75, 3.05) is 7.11 Å². The number of non-ortho nitro benzene ring substituents is 1. The van der Waals surface area contributed by atoms with Crippen LogP contribution in [0.4, 0.5) is 5.69 Å². The minimum Gasteiger partial charge on any atom is -0.497 e. The van der Waals surface area contributed by atoms with Crippen LogP contribution in [0.5, 0.6) is 5.75 Å². The molecule has 1 aliphatic rings. The van der Waals surface area contributed by atoms with Crippen molar-refractivity contribution in [2.24, 2.45) is 5.10 Å². The van der Waals surface area contributed by atoms with Gasteiger partial charge in [0.05, 0.1) is 29.9 Å². The molecule has 0 aliphatic carbocycles. The summed E-state index contributed by atoms with van der Waals surface area (Å²) in [6, 6.07) is 25.2. The van der Waals surface area contributed by atoms with Crippen LogP contribution in [0.3, 0.4) is 0 Å². The van der Waals surface area contributed by atoms with E-state index in [1.165, 1.54) is 12.1 Å². The Kier molecular flexibility index (Phi) is 5.63. The summed E-state index contributed by atoms with van der Waals surface area (Å²) in [4.78, 5) is 10.5. The predicted molar refractivity (Wildman–Crippen MR) is 117 cm³/mol. The van der Waals surface area contributed by atoms with E-state index in [0.717, 1.165) is 22.6 Å². The van der Waals surface area contributed by atoms with Crippen LogP contribution in [0.1, 0.15) is 35.2 Å². The smallest absolute Gasteiger partial charge is 0.269 e. The number of methoxy groups -OCH3 is 1. The summed E-state index contributed by atoms with van der Waals surface area (Å²) in [6.07, 6.45) is 0.640. The van der Waals surface area contributed by atoms with Gasteiger partial charge in [0.2, 0.25) is 0 Å². The third kappa shape index (κ3) is 4.09. The van der Waals surface area contributed by atoms with E-state index in [4.69, 9.17) is 9.84 Å². The first kappa shape index (κ1) is 20.1. The molecule has 1 aliphatic heterocycles. The Balaban J connectivity index is 1.72. The van der Waals surface area contributed by atoms with Crippen molar-refractivity contribution in [1.29, 1.82) is 5.26 Å². The summed E-state index contributed by atoms with van der Waals surface area (Å²) < 4.78 is 5.24. The van der Waals surface area contributed by atoms with Gasteiger partial charge in [0.25, 0.3) is 5.69 Å². The van der Waals surface area contributed by atoms with E-state index < -0.39 is 11.0 Å². The number of nitro groups is 1. The van der Waals surface area contributed by atoms with Gasteiger partial charge in [0, 0.05) is 18.6 Å². The lowest BCUT2D eigenvalue weighted by atomic mass is 9.97. The van der Waals surface area contributed by atoms with Crippen LogP contribution in [0.25, 0.3) is 0 Å². The zero-order chi connectivity index (χ0) is 21.8. The standard InChI is InChI=1S/C24H20N4O3/c1-31-21-13-9-17(10-14-21)22-15-23(18-5-3-2-4-6-18)27(26-22)24(16-25)19-7-11-20(12-8-19)28(29)30/h2-14,23-24H,15H2,1H3/t23-,24+/m0/s1. The van der Waals surface area contributed by atoms with Gasteiger partial charge in [0.1, 0.15) is 5.75 Å². The lowest BCUT2D eigenvalue weighted by molar-refractivity contribution is -0.384. The molecule has 1 heterocycles. The fourth-order valence-electron chi connectivity index (χ4n) is 3.73. The van der Waals surface area contributed by atoms with E-state index in [2.05, 4.69) is 6.07 Å². The van der Waals surface area contributed by atoms with Crippen LogP contribution >= 0.6 is 0 Å². The number of hydrazone groups is 1. The van der Waals surface area contributed by atoms with Crippen molar-refractivity contribution in [2.45, 2.75) is 18.5 Å². The molecule has 7 nitrogen and oxygen atoms in total. The molecule has 31 heavy (non-hydrogen) atoms. The fourth-order valence-corrected chi connectivity index (χ4v) is 3.73. The fraction of sp³-hybridized carbons (Fsp3) is 0.167. The molecule has 0 aromatic heterocycles. The number of hydrogen-bond acceptors (Lipinski definition) is 6. The minimum absolute atomic E-state index is 0.0103. The van der Waals surface area contributed by atoms with Crippen LogP contribution in [0.15, 0.2) is 84.0 Å². The van der Waals surface area contributed by atoms with Gasteiger partial charge in [-0.3, -0.25) is 15.1 Å². The van der Waals surface area contributed by atoms with Gasteiger partial charge < -0.3 is 4.74 Å². The Morgan fingerprint density at radius 2 is 1.77 bits per heavy atom. The molecular formula is C24H20N4O3. The van der Waals surface area contributed by atoms with Gasteiger partial charge in [-0.25, -0.2) is 0 Å². The maximum atomic E-state index is 11.0. The van der Waals surface area contributed by atoms with Crippen LogP contribution in [0, 0.1) is 21.4 Å². The van der Waals surface area contributed by atoms with Crippen LogP contribution in [0.2, 0.25) is 0 Å². The maximum absolute atomic E-state index is 11.0. The summed E-state index contributed by atoms with van der Waals surface area (Å²) >= 11 is 0. The van der Waals surface area contributed by atoms with Crippen LogP contribution < -0.4 is 4.74 Å². The van der Waals surface area contributed by atoms with E-state index in [1.54, 1.807) is 24.3 Å². The highest BCUT2D eigenvalue weighted by Gasteiger charge is 2.34. The number of rotatable bonds is 6. The lowest BCUT2D eigenvalue weighted by Crippen LogP contribution is -2.24. The number of nitriles is 1. The van der Waals surface area contributed by atoms with Crippen molar-refractivity contribution in [1.82, 2.24) is 5.01 Å². The third-order valence-corrected chi connectivity index (χ3v) is 5.36. The van der Waals surface area contributed by atoms with Crippen LogP contribution in [-0.2, 0) is 0 Å². The highest BCUT2D eigenvalue weighted by Crippen LogP contribution is 2.39. The molecule has 154 valence electrons. The number of hydrogen-bond donors (Lipinski definition) is 0. The average Bonchev–Trinajstić information content (AvgIpc) is 3.25. The summed E-state index contributed by atoms with van der Waals surface area (Å²) in [5.74, 6) is 0.764. The molecule has 0 amide bonds. The lowest BCUT2D eigenvalue weighted by Gasteiger charge is -2.28. The SMILES string of the molecule is COc1ccc(C2=NN([C@H](C#N)c3ccc([N+](=O)[O-])cc3)[C@H](c3ccccc3)C2)cc1. The van der Waals surface area contributed by atoms with Crippen molar-refractivity contribution in [3.63, 3.8) is 0 Å². The van der Waals surface area contributed by atoms with E-state index in [0.29, 0.717) is 12.0 Å². The van der Waals surface area contributed by atoms with Gasteiger partial charge in [-0.15, -0.1) is 0 Å². The van der Waals surface area contributed by atoms with E-state index >= 15 is 0 Å². The Labute approximate surface area is 180 Å². The molecule has 4 rings (SSSR count). The first-order valence-electron chi connectivity index (χ1n) is 9.80. The number of nitro benzene ring substituents is 1. The van der Waals surface area contributed by atoms with E-state index in [9.17, 15) is 15.4 Å². The number of ether oxygens (including phenoxy) is 1. The quantitative estimate of drug-likeness (QED) is 0.419. The van der Waals surface area contributed by atoms with Crippen molar-refractivity contribution >= 4 is 11.4 Å². The Hall–Kier alpha value is -4.18. The first-order chi connectivity index (χ1) is 15.1. The van der Waals surface area contributed by atoms with Gasteiger partial charge >= 0.3 is 0 Å². The van der Waals surface area contributed by atoms with Crippen molar-refractivity contribution < 1.29 is 9.66 Å². The Morgan fingerprint density at radius 1 is 1.10 bits per heavy atom. The second-order valence-electron chi connectivity index (χ2n) is 7.17. The third-order valence-electron chi connectivity index (χ3n) is 5.36. The summed E-state index contributed by atoms with van der Waals surface area (Å²) in [7, 11) is 1.62. The van der Waals surface area contributed by atoms with Crippen molar-refractivity contribution in [3.8, 4) is 11.8 Å². The molecule has 0 saturated carbocycles. The molecule has 0 radical (unpaired) electrons.